The Labute approximate surface area is 184 Å². The van der Waals surface area contributed by atoms with Crippen LogP contribution in [0.5, 0.6) is 0 Å². The zero-order valence-electron chi connectivity index (χ0n) is 15.9. The molecule has 0 aliphatic carbocycles. The lowest BCUT2D eigenvalue weighted by molar-refractivity contribution is -0.171. The van der Waals surface area contributed by atoms with Crippen molar-refractivity contribution in [2.75, 3.05) is 6.61 Å². The predicted molar refractivity (Wildman–Crippen MR) is 105 cm³/mol. The first-order chi connectivity index (χ1) is 14.7. The number of halogens is 6. The van der Waals surface area contributed by atoms with Gasteiger partial charge in [0.05, 0.1) is 22.4 Å². The van der Waals surface area contributed by atoms with Crippen LogP contribution in [0.1, 0.15) is 25.1 Å². The third kappa shape index (κ3) is 5.08. The molecule has 1 saturated heterocycles. The largest absolute Gasteiger partial charge is 0.406 e. The Hall–Kier alpha value is -2.01. The fraction of sp³-hybridized carbons (Fsp3) is 0.421. The van der Waals surface area contributed by atoms with Gasteiger partial charge in [-0.05, 0) is 43.0 Å². The molecule has 1 unspecified atom stereocenters. The lowest BCUT2D eigenvalue weighted by Gasteiger charge is -2.22. The smallest absolute Gasteiger partial charge is 0.353 e. The lowest BCUT2D eigenvalue weighted by atomic mass is 10.1. The van der Waals surface area contributed by atoms with Gasteiger partial charge in [-0.15, -0.1) is 0 Å². The molecule has 3 aromatic rings. The van der Waals surface area contributed by atoms with Gasteiger partial charge in [-0.1, -0.05) is 11.6 Å². The van der Waals surface area contributed by atoms with Crippen molar-refractivity contribution in [1.82, 2.24) is 19.5 Å². The summed E-state index contributed by atoms with van der Waals surface area (Å²) in [4.78, 5) is 11.8. The van der Waals surface area contributed by atoms with Crippen molar-refractivity contribution in [3.05, 3.63) is 40.3 Å². The monoisotopic (exact) mass is 478 g/mol. The van der Waals surface area contributed by atoms with E-state index < -0.39 is 24.8 Å². The van der Waals surface area contributed by atoms with Gasteiger partial charge < -0.3 is 14.0 Å². The van der Waals surface area contributed by atoms with Crippen molar-refractivity contribution in [1.29, 1.82) is 0 Å². The molecule has 1 atom stereocenters. The zero-order chi connectivity index (χ0) is 22.2. The standard InChI is InChI=1S/C19H16Cl2F4N4O2/c20-11-7-26-18(21)28-16(11)10-5-12(22)17-13(6-10)29(9-19(23,24)25)14(27-17)8-31-15-3-1-2-4-30-15/h5-7,15H,1-4,8-9H2. The number of nitrogens with zero attached hydrogens (tertiary/aromatic N) is 4. The zero-order valence-corrected chi connectivity index (χ0v) is 17.4. The van der Waals surface area contributed by atoms with Gasteiger partial charge in [0.2, 0.25) is 5.28 Å². The summed E-state index contributed by atoms with van der Waals surface area (Å²) in [6, 6.07) is 2.43. The minimum Gasteiger partial charge on any atom is -0.353 e. The van der Waals surface area contributed by atoms with E-state index in [1.807, 2.05) is 0 Å². The van der Waals surface area contributed by atoms with Crippen LogP contribution in [0.4, 0.5) is 17.6 Å². The van der Waals surface area contributed by atoms with Crippen molar-refractivity contribution >= 4 is 34.2 Å². The lowest BCUT2D eigenvalue weighted by Crippen LogP contribution is -2.24. The SMILES string of the molecule is Fc1cc(-c2nc(Cl)ncc2Cl)cc2c1nc(COC1CCCCO1)n2CC(F)(F)F. The highest BCUT2D eigenvalue weighted by Gasteiger charge is 2.31. The highest BCUT2D eigenvalue weighted by molar-refractivity contribution is 6.33. The molecule has 1 aliphatic rings. The van der Waals surface area contributed by atoms with E-state index in [0.717, 1.165) is 23.5 Å². The highest BCUT2D eigenvalue weighted by Crippen LogP contribution is 2.32. The quantitative estimate of drug-likeness (QED) is 0.355. The molecular formula is C19H16Cl2F4N4O2. The first-order valence-corrected chi connectivity index (χ1v) is 10.1. The number of hydrogen-bond donors (Lipinski definition) is 0. The average molecular weight is 479 g/mol. The van der Waals surface area contributed by atoms with Gasteiger partial charge in [-0.25, -0.2) is 19.3 Å². The van der Waals surface area contributed by atoms with Crippen molar-refractivity contribution in [2.45, 2.75) is 44.9 Å². The van der Waals surface area contributed by atoms with E-state index in [0.29, 0.717) is 13.0 Å². The molecule has 1 aliphatic heterocycles. The minimum atomic E-state index is -4.56. The summed E-state index contributed by atoms with van der Waals surface area (Å²) in [5.41, 5.74) is -0.0462. The van der Waals surface area contributed by atoms with Crippen LogP contribution in [-0.2, 0) is 22.6 Å². The van der Waals surface area contributed by atoms with Crippen LogP contribution in [0.2, 0.25) is 10.3 Å². The van der Waals surface area contributed by atoms with Crippen molar-refractivity contribution in [3.63, 3.8) is 0 Å². The molecular weight excluding hydrogens is 463 g/mol. The molecule has 1 aromatic carbocycles. The summed E-state index contributed by atoms with van der Waals surface area (Å²) in [7, 11) is 0. The first-order valence-electron chi connectivity index (χ1n) is 9.38. The maximum atomic E-state index is 14.8. The van der Waals surface area contributed by atoms with Crippen LogP contribution < -0.4 is 0 Å². The third-order valence-electron chi connectivity index (χ3n) is 4.75. The minimum absolute atomic E-state index is 0.0654. The van der Waals surface area contributed by atoms with E-state index in [1.54, 1.807) is 0 Å². The van der Waals surface area contributed by atoms with E-state index in [9.17, 15) is 17.6 Å². The van der Waals surface area contributed by atoms with Crippen molar-refractivity contribution in [3.8, 4) is 11.3 Å². The number of hydrogen-bond acceptors (Lipinski definition) is 5. The van der Waals surface area contributed by atoms with Gasteiger partial charge in [-0.3, -0.25) is 0 Å². The van der Waals surface area contributed by atoms with Crippen LogP contribution in [0, 0.1) is 5.82 Å². The van der Waals surface area contributed by atoms with Crippen LogP contribution in [0.25, 0.3) is 22.3 Å². The van der Waals surface area contributed by atoms with Crippen LogP contribution in [0.15, 0.2) is 18.3 Å². The molecule has 0 radical (unpaired) electrons. The van der Waals surface area contributed by atoms with Crippen LogP contribution >= 0.6 is 23.2 Å². The molecule has 2 aromatic heterocycles. The Kier molecular flexibility index (Phi) is 6.34. The molecule has 0 amide bonds. The number of ether oxygens (including phenoxy) is 2. The molecule has 4 rings (SSSR count). The molecule has 0 saturated carbocycles. The maximum Gasteiger partial charge on any atom is 0.406 e. The topological polar surface area (TPSA) is 62.1 Å². The summed E-state index contributed by atoms with van der Waals surface area (Å²) in [5.74, 6) is -0.890. The second-order valence-corrected chi connectivity index (χ2v) is 7.74. The van der Waals surface area contributed by atoms with Gasteiger partial charge in [-0.2, -0.15) is 13.2 Å². The second-order valence-electron chi connectivity index (χ2n) is 7.00. The van der Waals surface area contributed by atoms with Gasteiger partial charge >= 0.3 is 6.18 Å². The maximum absolute atomic E-state index is 14.8. The molecule has 166 valence electrons. The van der Waals surface area contributed by atoms with Crippen molar-refractivity contribution in [2.24, 2.45) is 0 Å². The van der Waals surface area contributed by atoms with Gasteiger partial charge in [0, 0.05) is 12.2 Å². The Bertz CT molecular complexity index is 1100. The van der Waals surface area contributed by atoms with E-state index in [2.05, 4.69) is 15.0 Å². The second kappa shape index (κ2) is 8.85. The molecule has 0 N–H and O–H groups in total. The highest BCUT2D eigenvalue weighted by atomic mass is 35.5. The molecule has 3 heterocycles. The van der Waals surface area contributed by atoms with Gasteiger partial charge in [0.25, 0.3) is 0 Å². The number of aromatic nitrogens is 4. The number of fused-ring (bicyclic) bond motifs is 1. The summed E-state index contributed by atoms with van der Waals surface area (Å²) >= 11 is 11.9. The Morgan fingerprint density at radius 1 is 1.19 bits per heavy atom. The number of alkyl halides is 3. The van der Waals surface area contributed by atoms with E-state index >= 15 is 0 Å². The fourth-order valence-electron chi connectivity index (χ4n) is 3.39. The Morgan fingerprint density at radius 2 is 2.00 bits per heavy atom. The third-order valence-corrected chi connectivity index (χ3v) is 5.21. The molecule has 6 nitrogen and oxygen atoms in total. The van der Waals surface area contributed by atoms with Gasteiger partial charge in [0.15, 0.2) is 12.1 Å². The van der Waals surface area contributed by atoms with Crippen LogP contribution in [-0.4, -0.2) is 38.6 Å². The molecule has 1 fully saturated rings. The summed E-state index contributed by atoms with van der Waals surface area (Å²) in [5, 5.41) is -0.0617. The number of benzene rings is 1. The summed E-state index contributed by atoms with van der Waals surface area (Å²) < 4.78 is 66.6. The molecule has 12 heteroatoms. The molecule has 0 spiro atoms. The fourth-order valence-corrected chi connectivity index (χ4v) is 3.72. The van der Waals surface area contributed by atoms with E-state index in [1.165, 1.54) is 12.3 Å². The summed E-state index contributed by atoms with van der Waals surface area (Å²) in [6.45, 7) is -1.11. The first kappa shape index (κ1) is 22.2. The Balaban J connectivity index is 1.77. The van der Waals surface area contributed by atoms with E-state index in [-0.39, 0.29) is 45.0 Å². The molecule has 0 bridgehead atoms. The number of imidazole rings is 1. The Morgan fingerprint density at radius 3 is 2.71 bits per heavy atom. The predicted octanol–water partition coefficient (Wildman–Crippen LogP) is 5.54. The molecule has 31 heavy (non-hydrogen) atoms. The summed E-state index contributed by atoms with van der Waals surface area (Å²) in [6.07, 6.45) is -1.45. The van der Waals surface area contributed by atoms with Gasteiger partial charge in [0.1, 0.15) is 24.5 Å². The van der Waals surface area contributed by atoms with Crippen LogP contribution in [0.3, 0.4) is 0 Å². The number of rotatable bonds is 5. The normalized spacial score (nSPS) is 17.4. The average Bonchev–Trinajstić information content (AvgIpc) is 3.05. The van der Waals surface area contributed by atoms with Crippen molar-refractivity contribution < 1.29 is 27.0 Å². The van der Waals surface area contributed by atoms with E-state index in [4.69, 9.17) is 32.7 Å².